The molecule has 2 aromatic carbocycles. The average Bonchev–Trinajstić information content (AvgIpc) is 3.18. The van der Waals surface area contributed by atoms with Gasteiger partial charge in [0, 0.05) is 0 Å². The van der Waals surface area contributed by atoms with Crippen molar-refractivity contribution in [3.63, 3.8) is 0 Å². The van der Waals surface area contributed by atoms with Crippen LogP contribution < -0.4 is 0 Å². The molecular weight excluding hydrogens is 473 g/mol. The van der Waals surface area contributed by atoms with Gasteiger partial charge in [-0.1, -0.05) is 48.7 Å². The van der Waals surface area contributed by atoms with Gasteiger partial charge in [-0.15, -0.1) is 0 Å². The van der Waals surface area contributed by atoms with E-state index in [-0.39, 0.29) is 23.3 Å². The minimum Gasteiger partial charge on any atom is -0.223 e. The third kappa shape index (κ3) is 3.71. The van der Waals surface area contributed by atoms with Crippen LogP contribution in [-0.4, -0.2) is 20.8 Å². The van der Waals surface area contributed by atoms with Crippen LogP contribution in [0.1, 0.15) is 36.8 Å². The molecule has 1 aliphatic carbocycles. The minimum absolute atomic E-state index is 0.0569. The van der Waals surface area contributed by atoms with Crippen molar-refractivity contribution >= 4 is 21.4 Å². The summed E-state index contributed by atoms with van der Waals surface area (Å²) in [5, 5.41) is 0. The number of rotatable bonds is 4. The molecular formula is C20H16ClF7O2S. The molecule has 1 saturated carbocycles. The summed E-state index contributed by atoms with van der Waals surface area (Å²) in [4.78, 5) is -4.81. The molecule has 0 heterocycles. The van der Waals surface area contributed by atoms with Gasteiger partial charge < -0.3 is 0 Å². The van der Waals surface area contributed by atoms with Crippen molar-refractivity contribution in [2.75, 3.05) is 0 Å². The van der Waals surface area contributed by atoms with Crippen LogP contribution in [0, 0.1) is 5.82 Å². The standard InChI is InChI=1S/C20H16ClF7O2S/c21-18(19(23,24)25,20(26,27)28)14-5-3-13(4-6-14)17(11-1-2-12-17)31(29,30)16-9-7-15(22)8-10-16/h3-10H,1-2,11-12H2. The molecule has 0 aliphatic heterocycles. The van der Waals surface area contributed by atoms with Crippen molar-refractivity contribution in [1.82, 2.24) is 0 Å². The van der Waals surface area contributed by atoms with Gasteiger partial charge in [-0.05, 0) is 48.2 Å². The van der Waals surface area contributed by atoms with Gasteiger partial charge in [0.1, 0.15) is 10.6 Å². The molecule has 2 nitrogen and oxygen atoms in total. The normalized spacial score (nSPS) is 17.7. The molecule has 0 bridgehead atoms. The maximum atomic E-state index is 13.4. The highest BCUT2D eigenvalue weighted by molar-refractivity contribution is 7.92. The van der Waals surface area contributed by atoms with E-state index in [4.69, 9.17) is 11.6 Å². The predicted molar refractivity (Wildman–Crippen MR) is 99.8 cm³/mol. The van der Waals surface area contributed by atoms with Crippen LogP contribution in [0.3, 0.4) is 0 Å². The van der Waals surface area contributed by atoms with Crippen molar-refractivity contribution < 1.29 is 39.2 Å². The molecule has 1 fully saturated rings. The number of hydrogen-bond donors (Lipinski definition) is 0. The van der Waals surface area contributed by atoms with Gasteiger partial charge in [0.2, 0.25) is 0 Å². The molecule has 0 unspecified atom stereocenters. The Bertz CT molecular complexity index is 1020. The van der Waals surface area contributed by atoms with E-state index in [2.05, 4.69) is 0 Å². The molecule has 170 valence electrons. The number of halogens is 8. The first-order valence-electron chi connectivity index (χ1n) is 9.10. The van der Waals surface area contributed by atoms with Crippen LogP contribution in [0.2, 0.25) is 0 Å². The fourth-order valence-electron chi connectivity index (χ4n) is 3.99. The first-order valence-corrected chi connectivity index (χ1v) is 11.0. The lowest BCUT2D eigenvalue weighted by Gasteiger charge is -2.33. The van der Waals surface area contributed by atoms with Gasteiger partial charge in [-0.25, -0.2) is 12.8 Å². The Balaban J connectivity index is 2.12. The fraction of sp³-hybridized carbons (Fsp3) is 0.400. The summed E-state index contributed by atoms with van der Waals surface area (Å²) < 4.78 is 118. The molecule has 1 aliphatic rings. The molecule has 0 saturated heterocycles. The van der Waals surface area contributed by atoms with Crippen molar-refractivity contribution in [3.05, 3.63) is 65.5 Å². The number of hydrogen-bond acceptors (Lipinski definition) is 2. The lowest BCUT2D eigenvalue weighted by atomic mass is 9.91. The van der Waals surface area contributed by atoms with Gasteiger partial charge in [-0.3, -0.25) is 0 Å². The van der Waals surface area contributed by atoms with Crippen LogP contribution in [0.5, 0.6) is 0 Å². The molecule has 31 heavy (non-hydrogen) atoms. The van der Waals surface area contributed by atoms with Crippen LogP contribution >= 0.6 is 11.6 Å². The summed E-state index contributed by atoms with van der Waals surface area (Å²) in [5.41, 5.74) is -1.20. The maximum absolute atomic E-state index is 13.4. The van der Waals surface area contributed by atoms with Crippen molar-refractivity contribution in [2.45, 2.75) is 52.6 Å². The van der Waals surface area contributed by atoms with E-state index in [0.717, 1.165) is 36.4 Å². The summed E-state index contributed by atoms with van der Waals surface area (Å²) in [5.74, 6) is -0.651. The summed E-state index contributed by atoms with van der Waals surface area (Å²) in [6, 6.07) is 7.09. The highest BCUT2D eigenvalue weighted by Gasteiger charge is 2.71. The second-order valence-corrected chi connectivity index (χ2v) is 10.2. The van der Waals surface area contributed by atoms with Crippen molar-refractivity contribution in [1.29, 1.82) is 0 Å². The molecule has 0 aromatic heterocycles. The second kappa shape index (κ2) is 7.65. The van der Waals surface area contributed by atoms with Crippen molar-refractivity contribution in [2.24, 2.45) is 0 Å². The lowest BCUT2D eigenvalue weighted by Crippen LogP contribution is -2.49. The van der Waals surface area contributed by atoms with E-state index in [1.54, 1.807) is 0 Å². The molecule has 2 aromatic rings. The minimum atomic E-state index is -5.83. The number of alkyl halides is 7. The Morgan fingerprint density at radius 1 is 0.774 bits per heavy atom. The molecule has 0 amide bonds. The van der Waals surface area contributed by atoms with Gasteiger partial charge in [-0.2, -0.15) is 26.3 Å². The largest absolute Gasteiger partial charge is 0.420 e. The summed E-state index contributed by atoms with van der Waals surface area (Å²) >= 11 is 5.06. The molecule has 0 atom stereocenters. The third-order valence-electron chi connectivity index (χ3n) is 5.64. The van der Waals surface area contributed by atoms with E-state index in [9.17, 15) is 39.2 Å². The van der Waals surface area contributed by atoms with Gasteiger partial charge in [0.15, 0.2) is 9.84 Å². The molecule has 0 N–H and O–H groups in total. The SMILES string of the molecule is O=S(=O)(c1ccc(F)cc1)C1(c2ccc(C(Cl)(C(F)(F)F)C(F)(F)F)cc2)CCCC1. The van der Waals surface area contributed by atoms with E-state index in [1.807, 2.05) is 0 Å². The Morgan fingerprint density at radius 3 is 1.65 bits per heavy atom. The van der Waals surface area contributed by atoms with E-state index < -0.39 is 43.2 Å². The van der Waals surface area contributed by atoms with Crippen LogP contribution in [-0.2, 0) is 19.5 Å². The van der Waals surface area contributed by atoms with E-state index in [0.29, 0.717) is 25.0 Å². The highest BCUT2D eigenvalue weighted by atomic mass is 35.5. The molecule has 0 radical (unpaired) electrons. The van der Waals surface area contributed by atoms with E-state index >= 15 is 0 Å². The maximum Gasteiger partial charge on any atom is 0.420 e. The third-order valence-corrected chi connectivity index (χ3v) is 8.85. The van der Waals surface area contributed by atoms with Crippen LogP contribution in [0.25, 0.3) is 0 Å². The first-order chi connectivity index (χ1) is 14.2. The molecule has 0 spiro atoms. The smallest absolute Gasteiger partial charge is 0.223 e. The average molecular weight is 489 g/mol. The summed E-state index contributed by atoms with van der Waals surface area (Å²) in [6.45, 7) is 0. The first kappa shape index (κ1) is 23.8. The zero-order valence-electron chi connectivity index (χ0n) is 15.7. The number of benzene rings is 2. The second-order valence-electron chi connectivity index (χ2n) is 7.39. The summed E-state index contributed by atoms with van der Waals surface area (Å²) in [7, 11) is -4.12. The Labute approximate surface area is 178 Å². The van der Waals surface area contributed by atoms with E-state index in [1.165, 1.54) is 0 Å². The topological polar surface area (TPSA) is 34.1 Å². The van der Waals surface area contributed by atoms with Crippen LogP contribution in [0.4, 0.5) is 30.7 Å². The predicted octanol–water partition coefficient (Wildman–Crippen LogP) is 6.63. The monoisotopic (exact) mass is 488 g/mol. The molecule has 3 rings (SSSR count). The Morgan fingerprint density at radius 2 is 1.23 bits per heavy atom. The number of sulfone groups is 1. The lowest BCUT2D eigenvalue weighted by molar-refractivity contribution is -0.272. The fourth-order valence-corrected chi connectivity index (χ4v) is 6.33. The van der Waals surface area contributed by atoms with Crippen LogP contribution in [0.15, 0.2) is 53.4 Å². The van der Waals surface area contributed by atoms with Gasteiger partial charge >= 0.3 is 12.4 Å². The van der Waals surface area contributed by atoms with Crippen molar-refractivity contribution in [3.8, 4) is 0 Å². The Hall–Kier alpha value is -1.81. The Kier molecular flexibility index (Phi) is 5.89. The van der Waals surface area contributed by atoms with Gasteiger partial charge in [0.05, 0.1) is 4.90 Å². The quantitative estimate of drug-likeness (QED) is 0.275. The molecule has 11 heteroatoms. The highest BCUT2D eigenvalue weighted by Crippen LogP contribution is 2.56. The zero-order chi connectivity index (χ0) is 23.3. The zero-order valence-corrected chi connectivity index (χ0v) is 17.3. The van der Waals surface area contributed by atoms with Gasteiger partial charge in [0.25, 0.3) is 4.87 Å². The summed E-state index contributed by atoms with van der Waals surface area (Å²) in [6.07, 6.45) is -10.4.